The zero-order valence-corrected chi connectivity index (χ0v) is 78.4. The van der Waals surface area contributed by atoms with Gasteiger partial charge >= 0.3 is 0 Å². The van der Waals surface area contributed by atoms with Crippen molar-refractivity contribution >= 4 is 244 Å². The Labute approximate surface area is 796 Å². The van der Waals surface area contributed by atoms with Crippen molar-refractivity contribution in [1.82, 2.24) is 58.6 Å². The zero-order chi connectivity index (χ0) is 84.5. The van der Waals surface area contributed by atoms with Crippen molar-refractivity contribution in [2.24, 2.45) is 0 Å². The summed E-state index contributed by atoms with van der Waals surface area (Å²) in [6.45, 7) is 2.89. The van der Waals surface area contributed by atoms with Gasteiger partial charge in [0, 0.05) is 23.4 Å². The van der Waals surface area contributed by atoms with Crippen LogP contribution in [0.2, 0.25) is 41.2 Å². The van der Waals surface area contributed by atoms with Gasteiger partial charge in [-0.25, -0.2) is 43.2 Å². The molecule has 7 heterocycles. The molecule has 125 heavy (non-hydrogen) atoms. The Morgan fingerprint density at radius 3 is 0.920 bits per heavy atom. The lowest BCUT2D eigenvalue weighted by Gasteiger charge is -2.07. The number of fused-ring (bicyclic) bond motifs is 11. The molecule has 0 bridgehead atoms. The normalized spacial score (nSPS) is 11.1. The minimum atomic E-state index is 0. The number of nitrogens with zero attached hydrogens (tertiary/aromatic N) is 13. The first-order valence-electron chi connectivity index (χ1n) is 39.0. The smallest absolute Gasteiger partial charge is 0.255 e. The quantitative estimate of drug-likeness (QED) is 0.0724. The second kappa shape index (κ2) is 41.3. The first kappa shape index (κ1) is 89.3. The Bertz CT molecular complexity index is 7400. The van der Waals surface area contributed by atoms with Crippen LogP contribution >= 0.6 is 125 Å². The molecule has 1 N–H and O–H groups in total. The van der Waals surface area contributed by atoms with Crippen molar-refractivity contribution in [2.45, 2.75) is 43.4 Å². The van der Waals surface area contributed by atoms with E-state index in [-0.39, 0.29) is 34.0 Å². The summed E-state index contributed by atoms with van der Waals surface area (Å²) in [6.07, 6.45) is 12.3. The molecule has 0 aliphatic heterocycles. The molecule has 620 valence electrons. The number of alkyl halides is 2. The lowest BCUT2D eigenvalue weighted by atomic mass is 10.0. The summed E-state index contributed by atoms with van der Waals surface area (Å²) in [4.78, 5) is 37.2. The molecule has 0 aliphatic rings. The van der Waals surface area contributed by atoms with E-state index in [1.165, 1.54) is 104 Å². The van der Waals surface area contributed by atoms with Gasteiger partial charge in [-0.1, -0.05) is 266 Å². The number of rotatable bonds is 12. The topological polar surface area (TPSA) is 141 Å². The SMILES string of the molecule is BrCc1ccc2cc3ccccc3cc2c1.BrCc1cnc2ccccc2n1.Clc1c(Cl)[n+](Cc2ccc3cc4ccccc4cc3c2)cn1Cc1cnc2ccccc2n1.Clc1c(Cl)[n+](Cc2ccc3cc4ccccc4cc3c2)cn1Cc1cnc2ccccc2n1.Clc1nc[nH]c1Cl.Clc1ncn(Cc2ccc3cc4ccccc4cc3c2)c1Cl.[Br-].[Br-]. The molecule has 0 saturated carbocycles. The minimum Gasteiger partial charge on any atom is -1.00 e. The number of para-hydroxylation sites is 6. The highest BCUT2D eigenvalue weighted by Gasteiger charge is 2.24. The Kier molecular flexibility index (Phi) is 29.5. The van der Waals surface area contributed by atoms with Gasteiger partial charge < -0.3 is 43.5 Å². The highest BCUT2D eigenvalue weighted by molar-refractivity contribution is 9.08. The van der Waals surface area contributed by atoms with Gasteiger partial charge in [0.2, 0.25) is 12.7 Å². The van der Waals surface area contributed by atoms with Crippen molar-refractivity contribution in [3.8, 4) is 0 Å². The molecule has 0 radical (unpaired) electrons. The standard InChI is InChI=1S/2C27H19Cl2N4.C18H12Cl2N2.C15H11Br.C9H7BrN2.C3H2Cl2N2.2BrH/c2*28-26-27(29)33(16-23-14-30-24-7-3-4-8-25(24)31-23)17-32(26)15-18-9-10-21-12-19-5-1-2-6-20(19)13-22(21)11-18;19-17-18(20)22(11-21-17)10-12-5-6-15-8-13-3-1-2-4-14(13)9-16(15)7-12;16-10-11-5-6-14-8-12-3-1-2-4-13(12)9-15(14)7-11;10-5-7-6-11-8-3-1-2-4-9(8)12-7;4-2-3(5)7-1-6-2;;/h2*1-14,17H,15-16H2;1-9,11H,10H2;1-9H,10H2;1-4,6H,5H2;1H,(H,6,7);2*1H/q2*+1;;;;;;/p-2. The van der Waals surface area contributed by atoms with E-state index in [0.29, 0.717) is 73.9 Å². The molecule has 14 nitrogen and oxygen atoms in total. The molecule has 0 unspecified atom stereocenters. The molecular weight excluding hydrogens is 1990 g/mol. The average molecular weight is 2060 g/mol. The Morgan fingerprint density at radius 2 is 0.592 bits per heavy atom. The summed E-state index contributed by atoms with van der Waals surface area (Å²) >= 11 is 55.9. The molecule has 26 heteroatoms. The van der Waals surface area contributed by atoms with Gasteiger partial charge in [-0.05, 0) is 258 Å². The molecule has 7 aromatic heterocycles. The Morgan fingerprint density at radius 1 is 0.280 bits per heavy atom. The number of halogens is 12. The van der Waals surface area contributed by atoms with Crippen LogP contribution in [-0.2, 0) is 43.4 Å². The Hall–Kier alpha value is -10.5. The first-order chi connectivity index (χ1) is 60.0. The van der Waals surface area contributed by atoms with Gasteiger partial charge in [0.05, 0.1) is 63.8 Å². The summed E-state index contributed by atoms with van der Waals surface area (Å²) in [5.74, 6) is 0. The van der Waals surface area contributed by atoms with E-state index in [0.717, 1.165) is 72.0 Å². The average Bonchev–Trinajstić information content (AvgIpc) is 1.67. The van der Waals surface area contributed by atoms with E-state index in [1.807, 2.05) is 108 Å². The summed E-state index contributed by atoms with van der Waals surface area (Å²) in [7, 11) is 0. The lowest BCUT2D eigenvalue weighted by Crippen LogP contribution is -3.00. The monoisotopic (exact) mass is 2050 g/mol. The maximum Gasteiger partial charge on any atom is 0.255 e. The van der Waals surface area contributed by atoms with Gasteiger partial charge in [-0.15, -0.1) is 0 Å². The molecule has 0 spiro atoms. The molecule has 15 aromatic carbocycles. The number of benzene rings is 15. The second-order valence-corrected chi connectivity index (χ2v) is 33.2. The second-order valence-electron chi connectivity index (χ2n) is 29.2. The maximum absolute atomic E-state index is 6.60. The zero-order valence-electron chi connectivity index (χ0n) is 66.1. The molecule has 0 atom stereocenters. The molecule has 0 saturated heterocycles. The molecular formula is C99H70Br4Cl8N14. The van der Waals surface area contributed by atoms with Gasteiger partial charge in [0.1, 0.15) is 47.9 Å². The maximum atomic E-state index is 6.60. The summed E-state index contributed by atoms with van der Waals surface area (Å²) in [5.41, 5.74) is 12.8. The van der Waals surface area contributed by atoms with Crippen LogP contribution in [0.3, 0.4) is 0 Å². The third-order valence-corrected chi connectivity index (χ3v) is 25.2. The fraction of sp³-hybridized carbons (Fsp3) is 0.0707. The number of hydrogen-bond acceptors (Lipinski definition) is 8. The molecule has 0 fully saturated rings. The van der Waals surface area contributed by atoms with E-state index in [2.05, 4.69) is 285 Å². The fourth-order valence-electron chi connectivity index (χ4n) is 14.6. The van der Waals surface area contributed by atoms with Crippen LogP contribution in [-0.4, -0.2) is 58.6 Å². The summed E-state index contributed by atoms with van der Waals surface area (Å²) in [6, 6.07) is 101. The highest BCUT2D eigenvalue weighted by atomic mass is 79.9. The van der Waals surface area contributed by atoms with Crippen molar-refractivity contribution < 1.29 is 43.1 Å². The van der Waals surface area contributed by atoms with E-state index in [9.17, 15) is 0 Å². The largest absolute Gasteiger partial charge is 1.00 e. The number of aromatic nitrogens is 14. The van der Waals surface area contributed by atoms with Crippen LogP contribution in [0.1, 0.15) is 39.3 Å². The minimum absolute atomic E-state index is 0. The van der Waals surface area contributed by atoms with Crippen LogP contribution in [0, 0.1) is 0 Å². The van der Waals surface area contributed by atoms with Gasteiger partial charge in [0.15, 0.2) is 10.3 Å². The predicted octanol–water partition coefficient (Wildman–Crippen LogP) is 21.5. The van der Waals surface area contributed by atoms with Crippen molar-refractivity contribution in [3.05, 3.63) is 416 Å². The number of imidazole rings is 4. The predicted molar refractivity (Wildman–Crippen MR) is 515 cm³/mol. The van der Waals surface area contributed by atoms with Crippen molar-refractivity contribution in [2.75, 3.05) is 0 Å². The third-order valence-electron chi connectivity index (χ3n) is 20.8. The molecule has 0 aliphatic carbocycles. The Balaban J connectivity index is 0.000000122. The number of hydrogen-bond donors (Lipinski definition) is 1. The van der Waals surface area contributed by atoms with E-state index >= 15 is 0 Å². The molecule has 22 rings (SSSR count). The van der Waals surface area contributed by atoms with Crippen LogP contribution in [0.25, 0.3) is 119 Å². The lowest BCUT2D eigenvalue weighted by molar-refractivity contribution is -0.685. The van der Waals surface area contributed by atoms with Crippen molar-refractivity contribution in [3.63, 3.8) is 0 Å². The van der Waals surface area contributed by atoms with E-state index in [1.54, 1.807) is 24.9 Å². The van der Waals surface area contributed by atoms with Crippen molar-refractivity contribution in [1.29, 1.82) is 0 Å². The third kappa shape index (κ3) is 21.4. The van der Waals surface area contributed by atoms with E-state index in [4.69, 9.17) is 103 Å². The van der Waals surface area contributed by atoms with Gasteiger partial charge in [0.25, 0.3) is 20.6 Å². The summed E-state index contributed by atoms with van der Waals surface area (Å²) in [5, 5.41) is 25.2. The van der Waals surface area contributed by atoms with Crippen LogP contribution in [0.5, 0.6) is 0 Å². The van der Waals surface area contributed by atoms with Crippen LogP contribution in [0.4, 0.5) is 0 Å². The molecule has 22 aromatic rings. The number of aromatic amines is 1. The van der Waals surface area contributed by atoms with Gasteiger partial charge in [-0.2, -0.15) is 0 Å². The number of nitrogens with one attached hydrogen (secondary N) is 1. The molecule has 0 amide bonds. The number of H-pyrrole nitrogens is 1. The first-order valence-corrected chi connectivity index (χ1v) is 44.3. The highest BCUT2D eigenvalue weighted by Crippen LogP contribution is 2.32. The fourth-order valence-corrected chi connectivity index (χ4v) is 16.6. The van der Waals surface area contributed by atoms with E-state index < -0.39 is 0 Å². The van der Waals surface area contributed by atoms with Gasteiger partial charge in [-0.3, -0.25) is 15.0 Å². The van der Waals surface area contributed by atoms with Crippen LogP contribution < -0.4 is 43.1 Å². The summed E-state index contributed by atoms with van der Waals surface area (Å²) < 4.78 is 9.56. The van der Waals surface area contributed by atoms with Crippen LogP contribution in [0.15, 0.2) is 335 Å².